The van der Waals surface area contributed by atoms with Crippen molar-refractivity contribution in [3.63, 3.8) is 0 Å². The number of carbonyl (C=O) groups is 1. The molecule has 4 rings (SSSR count). The van der Waals surface area contributed by atoms with Crippen molar-refractivity contribution in [3.05, 3.63) is 93.2 Å². The zero-order valence-electron chi connectivity index (χ0n) is 15.6. The molecule has 1 unspecified atom stereocenters. The normalized spacial score (nSPS) is 17.9. The van der Waals surface area contributed by atoms with Crippen molar-refractivity contribution in [1.29, 1.82) is 5.41 Å². The molecule has 1 aliphatic rings. The molecule has 3 aromatic rings. The van der Waals surface area contributed by atoms with Crippen LogP contribution in [0.1, 0.15) is 22.6 Å². The molecule has 156 valence electrons. The summed E-state index contributed by atoms with van der Waals surface area (Å²) in [4.78, 5) is 23.3. The van der Waals surface area contributed by atoms with Gasteiger partial charge in [-0.1, -0.05) is 36.4 Å². The number of hydrogen-bond acceptors (Lipinski definition) is 5. The quantitative estimate of drug-likeness (QED) is 0.342. The molecular formula is C22H13F3N2O4. The van der Waals surface area contributed by atoms with Crippen molar-refractivity contribution in [2.45, 2.75) is 12.1 Å². The van der Waals surface area contributed by atoms with Crippen LogP contribution < -0.4 is 0 Å². The van der Waals surface area contributed by atoms with E-state index in [9.17, 15) is 28.1 Å². The van der Waals surface area contributed by atoms with Crippen LogP contribution in [-0.2, 0) is 15.7 Å². The zero-order chi connectivity index (χ0) is 22.3. The number of nitro groups is 1. The highest BCUT2D eigenvalue weighted by Crippen LogP contribution is 2.36. The summed E-state index contributed by atoms with van der Waals surface area (Å²) in [6, 6.07) is 13.5. The number of Topliss-reactive ketones (excluding diaryl/α,β-unsaturated/α-hetero) is 1. The predicted molar refractivity (Wildman–Crippen MR) is 107 cm³/mol. The molecule has 1 fully saturated rings. The van der Waals surface area contributed by atoms with Crippen LogP contribution in [0, 0.1) is 15.5 Å². The van der Waals surface area contributed by atoms with E-state index in [4.69, 9.17) is 10.1 Å². The van der Waals surface area contributed by atoms with Gasteiger partial charge in [0.05, 0.1) is 10.5 Å². The summed E-state index contributed by atoms with van der Waals surface area (Å²) < 4.78 is 44.3. The van der Waals surface area contributed by atoms with Crippen LogP contribution in [0.25, 0.3) is 16.8 Å². The summed E-state index contributed by atoms with van der Waals surface area (Å²) in [6.45, 7) is 0. The molecule has 0 radical (unpaired) electrons. The lowest BCUT2D eigenvalue weighted by atomic mass is 9.93. The zero-order valence-corrected chi connectivity index (χ0v) is 15.6. The average molecular weight is 426 g/mol. The molecule has 0 saturated carbocycles. The maximum absolute atomic E-state index is 13.0. The molecule has 1 atom stereocenters. The summed E-state index contributed by atoms with van der Waals surface area (Å²) in [7, 11) is 0. The van der Waals surface area contributed by atoms with Gasteiger partial charge >= 0.3 is 6.18 Å². The van der Waals surface area contributed by atoms with Gasteiger partial charge in [-0.05, 0) is 40.1 Å². The second kappa shape index (κ2) is 7.35. The Balaban J connectivity index is 1.72. The lowest BCUT2D eigenvalue weighted by Crippen LogP contribution is -2.14. The van der Waals surface area contributed by atoms with E-state index in [0.717, 1.165) is 12.1 Å². The number of ketones is 1. The van der Waals surface area contributed by atoms with Gasteiger partial charge in [-0.15, -0.1) is 0 Å². The number of halogens is 3. The number of alkyl halides is 3. The van der Waals surface area contributed by atoms with Crippen LogP contribution in [-0.4, -0.2) is 16.6 Å². The maximum Gasteiger partial charge on any atom is 0.416 e. The molecule has 0 aromatic heterocycles. The van der Waals surface area contributed by atoms with Crippen LogP contribution in [0.4, 0.5) is 18.9 Å². The van der Waals surface area contributed by atoms with Crippen LogP contribution >= 0.6 is 0 Å². The SMILES string of the molecule is N=C1OC(=Cc2cccc3cc([N+](=O)[O-])ccc23)C(=O)C1c1cccc(C(F)(F)F)c1. The molecule has 1 heterocycles. The van der Waals surface area contributed by atoms with Gasteiger partial charge in [-0.3, -0.25) is 20.3 Å². The van der Waals surface area contributed by atoms with E-state index < -0.39 is 34.3 Å². The molecule has 9 heteroatoms. The predicted octanol–water partition coefficient (Wildman–Crippen LogP) is 5.47. The number of benzene rings is 3. The lowest BCUT2D eigenvalue weighted by molar-refractivity contribution is -0.384. The number of nitrogens with zero attached hydrogens (tertiary/aromatic N) is 1. The van der Waals surface area contributed by atoms with Crippen LogP contribution in [0.3, 0.4) is 0 Å². The molecule has 3 aromatic carbocycles. The van der Waals surface area contributed by atoms with Gasteiger partial charge in [0.25, 0.3) is 5.69 Å². The molecular weight excluding hydrogens is 413 g/mol. The molecule has 31 heavy (non-hydrogen) atoms. The topological polar surface area (TPSA) is 93.3 Å². The van der Waals surface area contributed by atoms with Crippen molar-refractivity contribution in [2.75, 3.05) is 0 Å². The molecule has 1 saturated heterocycles. The van der Waals surface area contributed by atoms with Crippen molar-refractivity contribution in [3.8, 4) is 0 Å². The monoisotopic (exact) mass is 426 g/mol. The molecule has 1 aliphatic heterocycles. The number of nitrogens with one attached hydrogen (secondary N) is 1. The van der Waals surface area contributed by atoms with E-state index in [2.05, 4.69) is 0 Å². The Kier molecular flexibility index (Phi) is 4.81. The van der Waals surface area contributed by atoms with Crippen LogP contribution in [0.2, 0.25) is 0 Å². The van der Waals surface area contributed by atoms with E-state index >= 15 is 0 Å². The van der Waals surface area contributed by atoms with E-state index in [1.165, 1.54) is 36.4 Å². The van der Waals surface area contributed by atoms with E-state index in [-0.39, 0.29) is 17.0 Å². The van der Waals surface area contributed by atoms with Gasteiger partial charge in [0.2, 0.25) is 11.7 Å². The molecule has 0 spiro atoms. The molecule has 1 N–H and O–H groups in total. The Hall–Kier alpha value is -4.01. The van der Waals surface area contributed by atoms with Gasteiger partial charge in [-0.25, -0.2) is 0 Å². The first-order chi connectivity index (χ1) is 14.6. The van der Waals surface area contributed by atoms with Gasteiger partial charge in [-0.2, -0.15) is 13.2 Å². The largest absolute Gasteiger partial charge is 0.439 e. The highest BCUT2D eigenvalue weighted by molar-refractivity contribution is 6.20. The first kappa shape index (κ1) is 20.3. The summed E-state index contributed by atoms with van der Waals surface area (Å²) in [5, 5.41) is 20.2. The number of fused-ring (bicyclic) bond motifs is 1. The van der Waals surface area contributed by atoms with Crippen LogP contribution in [0.5, 0.6) is 0 Å². The minimum Gasteiger partial charge on any atom is -0.439 e. The number of allylic oxidation sites excluding steroid dienone is 1. The Morgan fingerprint density at radius 1 is 1.06 bits per heavy atom. The molecule has 0 aliphatic carbocycles. The summed E-state index contributed by atoms with van der Waals surface area (Å²) >= 11 is 0. The van der Waals surface area contributed by atoms with Crippen molar-refractivity contribution < 1.29 is 27.6 Å². The first-order valence-electron chi connectivity index (χ1n) is 9.01. The Labute approximate surface area is 173 Å². The molecule has 0 amide bonds. The van der Waals surface area contributed by atoms with Crippen LogP contribution in [0.15, 0.2) is 66.4 Å². The number of hydrogen-bond donors (Lipinski definition) is 1. The number of carbonyl (C=O) groups excluding carboxylic acids is 1. The maximum atomic E-state index is 13.0. The number of non-ortho nitro benzene ring substituents is 1. The number of ether oxygens (including phenoxy) is 1. The van der Waals surface area contributed by atoms with Gasteiger partial charge in [0, 0.05) is 12.1 Å². The van der Waals surface area contributed by atoms with Gasteiger partial charge < -0.3 is 4.74 Å². The molecule has 0 bridgehead atoms. The second-order valence-electron chi connectivity index (χ2n) is 6.91. The minimum atomic E-state index is -4.58. The van der Waals surface area contributed by atoms with Crippen molar-refractivity contribution >= 4 is 34.2 Å². The fourth-order valence-electron chi connectivity index (χ4n) is 3.46. The summed E-state index contributed by atoms with van der Waals surface area (Å²) in [5.74, 6) is -2.56. The third-order valence-corrected chi connectivity index (χ3v) is 4.93. The number of rotatable bonds is 3. The third kappa shape index (κ3) is 3.77. The smallest absolute Gasteiger partial charge is 0.416 e. The Morgan fingerprint density at radius 3 is 2.52 bits per heavy atom. The second-order valence-corrected chi connectivity index (χ2v) is 6.91. The van der Waals surface area contributed by atoms with Gasteiger partial charge in [0.15, 0.2) is 5.76 Å². The lowest BCUT2D eigenvalue weighted by Gasteiger charge is -2.10. The fourth-order valence-corrected chi connectivity index (χ4v) is 3.46. The van der Waals surface area contributed by atoms with Crippen molar-refractivity contribution in [2.24, 2.45) is 0 Å². The number of nitro benzene ring substituents is 1. The average Bonchev–Trinajstić information content (AvgIpc) is 3.00. The third-order valence-electron chi connectivity index (χ3n) is 4.93. The highest BCUT2D eigenvalue weighted by Gasteiger charge is 2.40. The van der Waals surface area contributed by atoms with Crippen molar-refractivity contribution in [1.82, 2.24) is 0 Å². The fraction of sp³-hybridized carbons (Fsp3) is 0.0909. The summed E-state index contributed by atoms with van der Waals surface area (Å²) in [5.41, 5.74) is -0.467. The Morgan fingerprint density at radius 2 is 1.81 bits per heavy atom. The Bertz CT molecular complexity index is 1280. The van der Waals surface area contributed by atoms with E-state index in [1.807, 2.05) is 0 Å². The highest BCUT2D eigenvalue weighted by atomic mass is 19.4. The van der Waals surface area contributed by atoms with E-state index in [0.29, 0.717) is 16.3 Å². The minimum absolute atomic E-state index is 0.0155. The molecule has 6 nitrogen and oxygen atoms in total. The summed E-state index contributed by atoms with van der Waals surface area (Å²) in [6.07, 6.45) is -3.19. The van der Waals surface area contributed by atoms with E-state index in [1.54, 1.807) is 18.2 Å². The first-order valence-corrected chi connectivity index (χ1v) is 9.01. The standard InChI is InChI=1S/C22H13F3N2O4/c23-22(24,25)15-6-2-5-14(9-15)19-20(28)18(31-21(19)26)11-13-4-1-3-12-10-16(27(29)30)7-8-17(12)13/h1-11,19,26H. The van der Waals surface area contributed by atoms with Gasteiger partial charge in [0.1, 0.15) is 5.92 Å².